The number of likely N-dealkylation sites (tertiary alicyclic amines) is 1. The summed E-state index contributed by atoms with van der Waals surface area (Å²) in [5.74, 6) is 2.22. The molecule has 0 N–H and O–H groups in total. The highest BCUT2D eigenvalue weighted by Crippen LogP contribution is 2.35. The Kier molecular flexibility index (Phi) is 4.94. The monoisotopic (exact) mass is 368 g/mol. The highest BCUT2D eigenvalue weighted by molar-refractivity contribution is 5.63. The molecule has 7 heteroatoms. The first-order valence-electron chi connectivity index (χ1n) is 9.39. The maximum Gasteiger partial charge on any atom is 0.230 e. The van der Waals surface area contributed by atoms with Crippen molar-refractivity contribution in [3.05, 3.63) is 47.1 Å². The molecule has 2 aromatic heterocycles. The van der Waals surface area contributed by atoms with Crippen LogP contribution in [-0.4, -0.2) is 33.3 Å². The summed E-state index contributed by atoms with van der Waals surface area (Å²) in [6.07, 6.45) is 2.17. The second-order valence-electron chi connectivity index (χ2n) is 6.81. The van der Waals surface area contributed by atoms with Gasteiger partial charge in [0.1, 0.15) is 22.9 Å². The molecule has 1 aliphatic rings. The lowest BCUT2D eigenvalue weighted by Crippen LogP contribution is -2.24. The quantitative estimate of drug-likeness (QED) is 0.649. The molecule has 3 heterocycles. The van der Waals surface area contributed by atoms with Crippen LogP contribution >= 0.6 is 0 Å². The molecule has 1 aliphatic heterocycles. The van der Waals surface area contributed by atoms with E-state index in [9.17, 15) is 0 Å². The molecule has 0 saturated carbocycles. The molecule has 142 valence electrons. The van der Waals surface area contributed by atoms with Crippen LogP contribution in [0.2, 0.25) is 0 Å². The number of hydrogen-bond donors (Lipinski definition) is 0. The van der Waals surface area contributed by atoms with Crippen LogP contribution in [0, 0.1) is 13.8 Å². The molecule has 27 heavy (non-hydrogen) atoms. The van der Waals surface area contributed by atoms with Crippen molar-refractivity contribution >= 4 is 0 Å². The molecule has 7 nitrogen and oxygen atoms in total. The maximum absolute atomic E-state index is 5.98. The van der Waals surface area contributed by atoms with Gasteiger partial charge in [0.05, 0.1) is 23.9 Å². The Morgan fingerprint density at radius 2 is 2.07 bits per heavy atom. The van der Waals surface area contributed by atoms with Crippen LogP contribution in [0.5, 0.6) is 5.75 Å². The number of ether oxygens (including phenoxy) is 1. The molecule has 1 saturated heterocycles. The van der Waals surface area contributed by atoms with Gasteiger partial charge in [-0.2, -0.15) is 0 Å². The lowest BCUT2D eigenvalue weighted by molar-refractivity contribution is 0.228. The molecule has 0 bridgehead atoms. The Balaban J connectivity index is 1.58. The highest BCUT2D eigenvalue weighted by Gasteiger charge is 2.31. The lowest BCUT2D eigenvalue weighted by atomic mass is 10.1. The fourth-order valence-electron chi connectivity index (χ4n) is 3.67. The van der Waals surface area contributed by atoms with Crippen LogP contribution in [0.1, 0.15) is 48.6 Å². The molecule has 0 amide bonds. The van der Waals surface area contributed by atoms with Gasteiger partial charge < -0.3 is 9.15 Å². The number of benzene rings is 1. The van der Waals surface area contributed by atoms with Crippen LogP contribution in [-0.2, 0) is 6.54 Å². The van der Waals surface area contributed by atoms with Gasteiger partial charge in [-0.3, -0.25) is 4.90 Å². The molecule has 1 atom stereocenters. The van der Waals surface area contributed by atoms with E-state index in [-0.39, 0.29) is 6.04 Å². The SMILES string of the molecule is CCOc1ccccc1-c1nc(CN2CCC[C@@H]2c2nonc2C)c(C)o1. The van der Waals surface area contributed by atoms with E-state index >= 15 is 0 Å². The summed E-state index contributed by atoms with van der Waals surface area (Å²) in [6, 6.07) is 8.05. The first-order valence-corrected chi connectivity index (χ1v) is 9.39. The molecule has 1 aromatic carbocycles. The summed E-state index contributed by atoms with van der Waals surface area (Å²) in [4.78, 5) is 7.15. The minimum Gasteiger partial charge on any atom is -0.493 e. The van der Waals surface area contributed by atoms with E-state index in [2.05, 4.69) is 15.2 Å². The smallest absolute Gasteiger partial charge is 0.230 e. The Morgan fingerprint density at radius 1 is 1.22 bits per heavy atom. The summed E-state index contributed by atoms with van der Waals surface area (Å²) in [7, 11) is 0. The van der Waals surface area contributed by atoms with E-state index in [1.807, 2.05) is 45.0 Å². The summed E-state index contributed by atoms with van der Waals surface area (Å²) in [5, 5.41) is 8.04. The third-order valence-electron chi connectivity index (χ3n) is 5.03. The van der Waals surface area contributed by atoms with E-state index in [0.29, 0.717) is 19.0 Å². The number of nitrogens with zero attached hydrogens (tertiary/aromatic N) is 4. The molecule has 4 rings (SSSR count). The van der Waals surface area contributed by atoms with Crippen molar-refractivity contribution in [2.45, 2.75) is 46.2 Å². The van der Waals surface area contributed by atoms with E-state index in [0.717, 1.165) is 53.5 Å². The minimum atomic E-state index is 0.214. The van der Waals surface area contributed by atoms with Gasteiger partial charge in [0.2, 0.25) is 5.89 Å². The number of aryl methyl sites for hydroxylation is 2. The second-order valence-corrected chi connectivity index (χ2v) is 6.81. The van der Waals surface area contributed by atoms with Crippen molar-refractivity contribution in [1.29, 1.82) is 0 Å². The molecule has 0 aliphatic carbocycles. The lowest BCUT2D eigenvalue weighted by Gasteiger charge is -2.21. The predicted molar refractivity (Wildman–Crippen MR) is 99.3 cm³/mol. The van der Waals surface area contributed by atoms with Crippen molar-refractivity contribution in [1.82, 2.24) is 20.2 Å². The van der Waals surface area contributed by atoms with Gasteiger partial charge in [-0.1, -0.05) is 22.4 Å². The number of rotatable bonds is 6. The highest BCUT2D eigenvalue weighted by atomic mass is 16.6. The van der Waals surface area contributed by atoms with Crippen LogP contribution in [0.4, 0.5) is 0 Å². The Hall–Kier alpha value is -2.67. The Labute approximate surface area is 158 Å². The molecule has 1 fully saturated rings. The number of aromatic nitrogens is 3. The summed E-state index contributed by atoms with van der Waals surface area (Å²) in [6.45, 7) is 8.17. The number of hydrogen-bond acceptors (Lipinski definition) is 7. The Morgan fingerprint density at radius 3 is 2.85 bits per heavy atom. The first-order chi connectivity index (χ1) is 13.2. The third-order valence-corrected chi connectivity index (χ3v) is 5.03. The van der Waals surface area contributed by atoms with Gasteiger partial charge in [-0.15, -0.1) is 0 Å². The zero-order valence-corrected chi connectivity index (χ0v) is 15.9. The van der Waals surface area contributed by atoms with Crippen molar-refractivity contribution < 1.29 is 13.8 Å². The first kappa shape index (κ1) is 17.7. The fourth-order valence-corrected chi connectivity index (χ4v) is 3.67. The van der Waals surface area contributed by atoms with Gasteiger partial charge in [0.25, 0.3) is 0 Å². The topological polar surface area (TPSA) is 77.4 Å². The standard InChI is InChI=1S/C20H24N4O3/c1-4-25-18-10-6-5-8-15(18)20-21-16(14(3)26-20)12-24-11-7-9-17(24)19-13(2)22-27-23-19/h5-6,8,10,17H,4,7,9,11-12H2,1-3H3/t17-/m1/s1. The van der Waals surface area contributed by atoms with E-state index in [1.54, 1.807) is 0 Å². The van der Waals surface area contributed by atoms with Gasteiger partial charge in [-0.05, 0) is 52.3 Å². The largest absolute Gasteiger partial charge is 0.493 e. The van der Waals surface area contributed by atoms with Crippen LogP contribution < -0.4 is 4.74 Å². The zero-order valence-electron chi connectivity index (χ0n) is 15.9. The van der Waals surface area contributed by atoms with E-state index in [1.165, 1.54) is 0 Å². The number of oxazole rings is 1. The second kappa shape index (κ2) is 7.52. The van der Waals surface area contributed by atoms with E-state index < -0.39 is 0 Å². The van der Waals surface area contributed by atoms with Gasteiger partial charge in [0.15, 0.2) is 0 Å². The average molecular weight is 368 g/mol. The molecule has 3 aromatic rings. The fraction of sp³-hybridized carbons (Fsp3) is 0.450. The van der Waals surface area contributed by atoms with Gasteiger partial charge in [-0.25, -0.2) is 9.61 Å². The van der Waals surface area contributed by atoms with Crippen LogP contribution in [0.15, 0.2) is 33.3 Å². The van der Waals surface area contributed by atoms with Crippen molar-refractivity contribution in [2.75, 3.05) is 13.2 Å². The van der Waals surface area contributed by atoms with Crippen LogP contribution in [0.3, 0.4) is 0 Å². The molecule has 0 spiro atoms. The predicted octanol–water partition coefficient (Wildman–Crippen LogP) is 4.08. The van der Waals surface area contributed by atoms with Crippen molar-refractivity contribution in [2.24, 2.45) is 0 Å². The van der Waals surface area contributed by atoms with Crippen LogP contribution in [0.25, 0.3) is 11.5 Å². The molecule has 0 radical (unpaired) electrons. The molecular weight excluding hydrogens is 344 g/mol. The molecular formula is C20H24N4O3. The normalized spacial score (nSPS) is 17.5. The average Bonchev–Trinajstić information content (AvgIpc) is 3.37. The zero-order chi connectivity index (χ0) is 18.8. The summed E-state index contributed by atoms with van der Waals surface area (Å²) in [5.41, 5.74) is 3.60. The van der Waals surface area contributed by atoms with Crippen molar-refractivity contribution in [3.63, 3.8) is 0 Å². The molecule has 0 unspecified atom stereocenters. The van der Waals surface area contributed by atoms with Gasteiger partial charge in [0, 0.05) is 6.54 Å². The maximum atomic E-state index is 5.98. The van der Waals surface area contributed by atoms with Gasteiger partial charge >= 0.3 is 0 Å². The number of para-hydroxylation sites is 1. The summed E-state index contributed by atoms with van der Waals surface area (Å²) >= 11 is 0. The summed E-state index contributed by atoms with van der Waals surface area (Å²) < 4.78 is 16.6. The third kappa shape index (κ3) is 3.47. The Bertz CT molecular complexity index is 918. The minimum absolute atomic E-state index is 0.214. The van der Waals surface area contributed by atoms with Crippen molar-refractivity contribution in [3.8, 4) is 17.2 Å². The van der Waals surface area contributed by atoms with E-state index in [4.69, 9.17) is 18.8 Å².